The van der Waals surface area contributed by atoms with Crippen LogP contribution in [0.5, 0.6) is 5.75 Å². The number of amides is 1. The first-order valence-electron chi connectivity index (χ1n) is 14.9. The molecule has 2 aromatic carbocycles. The van der Waals surface area contributed by atoms with Gasteiger partial charge in [-0.05, 0) is 49.7 Å². The second-order valence-electron chi connectivity index (χ2n) is 13.2. The summed E-state index contributed by atoms with van der Waals surface area (Å²) in [5.41, 5.74) is 0.764. The number of nitrogens with one attached hydrogen (secondary N) is 1. The van der Waals surface area contributed by atoms with Gasteiger partial charge in [-0.2, -0.15) is 8.78 Å². The van der Waals surface area contributed by atoms with E-state index in [0.29, 0.717) is 23.3 Å². The number of carboxylic acid groups (broad SMARTS) is 1. The van der Waals surface area contributed by atoms with E-state index in [-0.39, 0.29) is 44.7 Å². The zero-order valence-corrected chi connectivity index (χ0v) is 28.4. The summed E-state index contributed by atoms with van der Waals surface area (Å²) >= 11 is 6.53. The number of hydrogen-bond acceptors (Lipinski definition) is 6. The van der Waals surface area contributed by atoms with E-state index >= 15 is 4.39 Å². The second kappa shape index (κ2) is 12.2. The molecule has 1 aliphatic heterocycles. The lowest BCUT2D eigenvalue weighted by Crippen LogP contribution is -2.47. The van der Waals surface area contributed by atoms with Crippen molar-refractivity contribution < 1.29 is 32.2 Å². The van der Waals surface area contributed by atoms with Crippen molar-refractivity contribution in [3.63, 3.8) is 0 Å². The summed E-state index contributed by atoms with van der Waals surface area (Å²) in [5.74, 6) is 0.0369. The van der Waals surface area contributed by atoms with Crippen molar-refractivity contribution in [1.82, 2.24) is 24.8 Å². The number of hydrogen-bond donors (Lipinski definition) is 2. The van der Waals surface area contributed by atoms with Gasteiger partial charge in [0.25, 0.3) is 0 Å². The maximum atomic E-state index is 15.7. The van der Waals surface area contributed by atoms with Gasteiger partial charge in [0.15, 0.2) is 14.1 Å². The third kappa shape index (κ3) is 6.19. The standard InChI is InChI=1S/C32H37ClF3N5O4Si/c1-8-32(5,45-46(6,7)31(2,3)4)28-37-15-17(16-38-28)18-12-23-21(13-20(18)34)39-27-22(40-30(42)43)14-24(41(23)27)26-19(33)10-9-11-25(26)44-29(35)36/h9-13,15-16,22,24,29,40H,8,14H2,1-7H3,(H,42,43)/t22-,24-,32?/m1/s1. The summed E-state index contributed by atoms with van der Waals surface area (Å²) in [6, 6.07) is 5.63. The smallest absolute Gasteiger partial charge is 0.405 e. The molecule has 0 saturated carbocycles. The van der Waals surface area contributed by atoms with E-state index in [0.717, 1.165) is 0 Å². The number of fused-ring (bicyclic) bond motifs is 3. The van der Waals surface area contributed by atoms with Crippen molar-refractivity contribution in [1.29, 1.82) is 0 Å². The van der Waals surface area contributed by atoms with Crippen LogP contribution in [0, 0.1) is 5.82 Å². The molecule has 5 rings (SSSR count). The molecule has 1 aliphatic rings. The zero-order valence-electron chi connectivity index (χ0n) is 26.7. The summed E-state index contributed by atoms with van der Waals surface area (Å²) in [6.07, 6.45) is 2.54. The van der Waals surface area contributed by atoms with Crippen molar-refractivity contribution in [2.75, 3.05) is 0 Å². The van der Waals surface area contributed by atoms with E-state index < -0.39 is 44.5 Å². The fourth-order valence-electron chi connectivity index (χ4n) is 5.65. The minimum absolute atomic E-state index is 0.0272. The SMILES string of the molecule is CCC(C)(O[Si](C)(C)C(C)(C)C)c1ncc(-c2cc3c(cc2F)nc2n3[C@@H](c3c(Cl)cccc3OC(F)F)C[C@H]2NC(=O)O)cn1. The van der Waals surface area contributed by atoms with Crippen molar-refractivity contribution in [3.8, 4) is 16.9 Å². The highest BCUT2D eigenvalue weighted by molar-refractivity contribution is 6.74. The molecule has 9 nitrogen and oxygen atoms in total. The van der Waals surface area contributed by atoms with Gasteiger partial charge < -0.3 is 24.2 Å². The lowest BCUT2D eigenvalue weighted by molar-refractivity contribution is -0.0506. The molecule has 1 amide bonds. The van der Waals surface area contributed by atoms with Crippen LogP contribution in [0.25, 0.3) is 22.2 Å². The van der Waals surface area contributed by atoms with Crippen molar-refractivity contribution in [2.24, 2.45) is 0 Å². The molecular weight excluding hydrogens is 639 g/mol. The number of rotatable bonds is 9. The number of ether oxygens (including phenoxy) is 1. The number of benzene rings is 2. The molecule has 46 heavy (non-hydrogen) atoms. The predicted molar refractivity (Wildman–Crippen MR) is 171 cm³/mol. The zero-order chi connectivity index (χ0) is 33.8. The molecule has 3 atom stereocenters. The molecule has 0 aliphatic carbocycles. The van der Waals surface area contributed by atoms with Gasteiger partial charge in [-0.3, -0.25) is 0 Å². The molecule has 14 heteroatoms. The minimum Gasteiger partial charge on any atom is -0.465 e. The Morgan fingerprint density at radius 2 is 1.87 bits per heavy atom. The Morgan fingerprint density at radius 1 is 1.20 bits per heavy atom. The molecule has 0 spiro atoms. The van der Waals surface area contributed by atoms with Crippen LogP contribution in [-0.2, 0) is 10.0 Å². The average Bonchev–Trinajstić information content (AvgIpc) is 3.48. The molecule has 0 radical (unpaired) electrons. The molecule has 3 heterocycles. The Bertz CT molecular complexity index is 1780. The van der Waals surface area contributed by atoms with E-state index in [9.17, 15) is 18.7 Å². The van der Waals surface area contributed by atoms with Gasteiger partial charge in [-0.25, -0.2) is 24.1 Å². The van der Waals surface area contributed by atoms with Gasteiger partial charge in [0.05, 0.1) is 23.1 Å². The van der Waals surface area contributed by atoms with Gasteiger partial charge in [0.2, 0.25) is 0 Å². The minimum atomic E-state index is -3.11. The molecule has 4 aromatic rings. The Hall–Kier alpha value is -3.68. The first-order chi connectivity index (χ1) is 21.5. The lowest BCUT2D eigenvalue weighted by atomic mass is 10.0. The van der Waals surface area contributed by atoms with Crippen molar-refractivity contribution >= 4 is 37.0 Å². The summed E-state index contributed by atoms with van der Waals surface area (Å²) in [6.45, 7) is 11.7. The normalized spacial score (nSPS) is 18.1. The molecule has 246 valence electrons. The molecule has 0 fully saturated rings. The second-order valence-corrected chi connectivity index (χ2v) is 18.3. The van der Waals surface area contributed by atoms with E-state index in [1.165, 1.54) is 24.3 Å². The topological polar surface area (TPSA) is 111 Å². The Labute approximate surface area is 271 Å². The maximum Gasteiger partial charge on any atom is 0.405 e. The largest absolute Gasteiger partial charge is 0.465 e. The van der Waals surface area contributed by atoms with Gasteiger partial charge in [-0.1, -0.05) is 45.4 Å². The Kier molecular flexibility index (Phi) is 8.90. The molecule has 0 saturated heterocycles. The maximum absolute atomic E-state index is 15.7. The molecule has 2 aromatic heterocycles. The summed E-state index contributed by atoms with van der Waals surface area (Å²) < 4.78 is 55.6. The lowest BCUT2D eigenvalue weighted by Gasteiger charge is -2.43. The number of carbonyl (C=O) groups is 1. The van der Waals surface area contributed by atoms with Crippen LogP contribution in [0.4, 0.5) is 18.0 Å². The fourth-order valence-corrected chi connectivity index (χ4v) is 7.61. The molecule has 2 N–H and O–H groups in total. The molecular formula is C32H37ClF3N5O4Si. The summed E-state index contributed by atoms with van der Waals surface area (Å²) in [5, 5.41) is 12.1. The van der Waals surface area contributed by atoms with Crippen LogP contribution < -0.4 is 10.1 Å². The monoisotopic (exact) mass is 675 g/mol. The highest BCUT2D eigenvalue weighted by Crippen LogP contribution is 2.47. The van der Waals surface area contributed by atoms with E-state index in [1.54, 1.807) is 23.0 Å². The van der Waals surface area contributed by atoms with Crippen LogP contribution >= 0.6 is 11.6 Å². The number of imidazole rings is 1. The summed E-state index contributed by atoms with van der Waals surface area (Å²) in [4.78, 5) is 25.5. The molecule has 1 unspecified atom stereocenters. The first-order valence-corrected chi connectivity index (χ1v) is 18.2. The van der Waals surface area contributed by atoms with Crippen molar-refractivity contribution in [2.45, 2.75) is 89.9 Å². The fraction of sp³-hybridized carbons (Fsp3) is 0.438. The van der Waals surface area contributed by atoms with Crippen LogP contribution in [0.2, 0.25) is 23.2 Å². The third-order valence-corrected chi connectivity index (χ3v) is 14.0. The highest BCUT2D eigenvalue weighted by atomic mass is 35.5. The van der Waals surface area contributed by atoms with E-state index in [1.807, 2.05) is 13.8 Å². The quantitative estimate of drug-likeness (QED) is 0.171. The summed E-state index contributed by atoms with van der Waals surface area (Å²) in [7, 11) is -2.18. The number of nitrogens with zero attached hydrogens (tertiary/aromatic N) is 4. The molecule has 0 bridgehead atoms. The van der Waals surface area contributed by atoms with E-state index in [4.69, 9.17) is 20.8 Å². The van der Waals surface area contributed by atoms with Crippen LogP contribution in [-0.4, -0.2) is 45.6 Å². The van der Waals surface area contributed by atoms with Gasteiger partial charge >= 0.3 is 12.7 Å². The van der Waals surface area contributed by atoms with Gasteiger partial charge in [0, 0.05) is 46.6 Å². The van der Waals surface area contributed by atoms with Crippen molar-refractivity contribution in [3.05, 3.63) is 70.8 Å². The third-order valence-electron chi connectivity index (χ3n) is 9.14. The van der Waals surface area contributed by atoms with Crippen LogP contribution in [0.1, 0.15) is 76.8 Å². The van der Waals surface area contributed by atoms with Gasteiger partial charge in [-0.15, -0.1) is 0 Å². The highest BCUT2D eigenvalue weighted by Gasteiger charge is 2.44. The van der Waals surface area contributed by atoms with Crippen LogP contribution in [0.3, 0.4) is 0 Å². The predicted octanol–water partition coefficient (Wildman–Crippen LogP) is 8.84. The van der Waals surface area contributed by atoms with Gasteiger partial charge in [0.1, 0.15) is 23.0 Å². The first kappa shape index (κ1) is 33.7. The number of aromatic nitrogens is 4. The van der Waals surface area contributed by atoms with E-state index in [2.05, 4.69) is 54.1 Å². The Balaban J connectivity index is 1.61. The number of halogens is 4. The number of alkyl halides is 2. The van der Waals surface area contributed by atoms with Crippen LogP contribution in [0.15, 0.2) is 42.7 Å². The Morgan fingerprint density at radius 3 is 2.46 bits per heavy atom. The average molecular weight is 676 g/mol.